The summed E-state index contributed by atoms with van der Waals surface area (Å²) in [6.45, 7) is 1.97. The van der Waals surface area contributed by atoms with Crippen LogP contribution in [0.25, 0.3) is 0 Å². The second-order valence-corrected chi connectivity index (χ2v) is 5.91. The maximum atomic E-state index is 12.8. The van der Waals surface area contributed by atoms with Crippen LogP contribution in [-0.2, 0) is 7.05 Å². The van der Waals surface area contributed by atoms with Crippen LogP contribution in [0.5, 0.6) is 5.75 Å². The Hall–Kier alpha value is -3.08. The summed E-state index contributed by atoms with van der Waals surface area (Å²) in [6.07, 6.45) is 3.58. The number of hydrogen-bond donors (Lipinski definition) is 1. The molecule has 128 valence electrons. The molecule has 0 aliphatic heterocycles. The van der Waals surface area contributed by atoms with Gasteiger partial charge in [0.2, 0.25) is 0 Å². The molecule has 3 rings (SSSR count). The molecule has 0 bridgehead atoms. The molecule has 25 heavy (non-hydrogen) atoms. The largest absolute Gasteiger partial charge is 0.496 e. The summed E-state index contributed by atoms with van der Waals surface area (Å²) in [6, 6.07) is 14.7. The van der Waals surface area contributed by atoms with E-state index in [0.29, 0.717) is 11.3 Å². The van der Waals surface area contributed by atoms with E-state index in [0.717, 1.165) is 17.0 Å². The van der Waals surface area contributed by atoms with Crippen LogP contribution in [0.2, 0.25) is 0 Å². The van der Waals surface area contributed by atoms with E-state index < -0.39 is 6.04 Å². The Morgan fingerprint density at radius 1 is 1.20 bits per heavy atom. The minimum atomic E-state index is -0.413. The average Bonchev–Trinajstić information content (AvgIpc) is 3.05. The SMILES string of the molecule is COc1ccccc1C(NC(=O)c1cccc(C)c1)c1nccn1C. The Kier molecular flexibility index (Phi) is 4.84. The molecule has 1 aromatic heterocycles. The lowest BCUT2D eigenvalue weighted by Gasteiger charge is -2.21. The number of para-hydroxylation sites is 1. The Morgan fingerprint density at radius 3 is 2.68 bits per heavy atom. The van der Waals surface area contributed by atoms with E-state index in [-0.39, 0.29) is 5.91 Å². The number of amides is 1. The van der Waals surface area contributed by atoms with Gasteiger partial charge in [0.1, 0.15) is 17.6 Å². The number of carbonyl (C=O) groups is 1. The zero-order valence-electron chi connectivity index (χ0n) is 14.6. The molecule has 5 heteroatoms. The van der Waals surface area contributed by atoms with Crippen molar-refractivity contribution in [3.63, 3.8) is 0 Å². The summed E-state index contributed by atoms with van der Waals surface area (Å²) in [4.78, 5) is 17.2. The fraction of sp³-hybridized carbons (Fsp3) is 0.200. The van der Waals surface area contributed by atoms with Gasteiger partial charge in [0.05, 0.1) is 7.11 Å². The second kappa shape index (κ2) is 7.21. The maximum Gasteiger partial charge on any atom is 0.252 e. The van der Waals surface area contributed by atoms with Crippen molar-refractivity contribution in [2.24, 2.45) is 7.05 Å². The molecule has 1 unspecified atom stereocenters. The number of nitrogens with one attached hydrogen (secondary N) is 1. The number of rotatable bonds is 5. The summed E-state index contributed by atoms with van der Waals surface area (Å²) in [5.41, 5.74) is 2.52. The van der Waals surface area contributed by atoms with Crippen molar-refractivity contribution in [3.05, 3.63) is 83.4 Å². The molecule has 1 atom stereocenters. The van der Waals surface area contributed by atoms with E-state index in [1.54, 1.807) is 19.4 Å². The molecule has 1 amide bonds. The van der Waals surface area contributed by atoms with E-state index in [2.05, 4.69) is 10.3 Å². The van der Waals surface area contributed by atoms with Crippen molar-refractivity contribution >= 4 is 5.91 Å². The molecule has 0 radical (unpaired) electrons. The molecule has 3 aromatic rings. The Labute approximate surface area is 147 Å². The molecule has 5 nitrogen and oxygen atoms in total. The van der Waals surface area contributed by atoms with Gasteiger partial charge in [-0.1, -0.05) is 35.9 Å². The van der Waals surface area contributed by atoms with E-state index in [4.69, 9.17) is 4.74 Å². The molecular weight excluding hydrogens is 314 g/mol. The number of carbonyl (C=O) groups excluding carboxylic acids is 1. The summed E-state index contributed by atoms with van der Waals surface area (Å²) < 4.78 is 7.38. The highest BCUT2D eigenvalue weighted by Crippen LogP contribution is 2.29. The lowest BCUT2D eigenvalue weighted by Crippen LogP contribution is -2.31. The second-order valence-electron chi connectivity index (χ2n) is 5.91. The highest BCUT2D eigenvalue weighted by molar-refractivity contribution is 5.94. The maximum absolute atomic E-state index is 12.8. The van der Waals surface area contributed by atoms with Crippen LogP contribution in [0.1, 0.15) is 33.4 Å². The van der Waals surface area contributed by atoms with Crippen LogP contribution < -0.4 is 10.1 Å². The van der Waals surface area contributed by atoms with Gasteiger partial charge >= 0.3 is 0 Å². The van der Waals surface area contributed by atoms with Crippen LogP contribution in [0.15, 0.2) is 60.9 Å². The van der Waals surface area contributed by atoms with Gasteiger partial charge in [0, 0.05) is 30.6 Å². The first-order valence-electron chi connectivity index (χ1n) is 8.08. The number of benzene rings is 2. The van der Waals surface area contributed by atoms with E-state index in [1.165, 1.54) is 0 Å². The first kappa shape index (κ1) is 16.8. The Bertz CT molecular complexity index is 886. The van der Waals surface area contributed by atoms with Gasteiger partial charge in [-0.3, -0.25) is 4.79 Å². The quantitative estimate of drug-likeness (QED) is 0.779. The first-order chi connectivity index (χ1) is 12.1. The van der Waals surface area contributed by atoms with Crippen molar-refractivity contribution in [1.29, 1.82) is 0 Å². The van der Waals surface area contributed by atoms with E-state index >= 15 is 0 Å². The van der Waals surface area contributed by atoms with E-state index in [1.807, 2.05) is 67.2 Å². The molecule has 0 aliphatic carbocycles. The van der Waals surface area contributed by atoms with Gasteiger partial charge in [-0.25, -0.2) is 4.98 Å². The lowest BCUT2D eigenvalue weighted by atomic mass is 10.0. The molecule has 0 spiro atoms. The molecule has 0 saturated heterocycles. The zero-order valence-corrected chi connectivity index (χ0v) is 14.6. The minimum Gasteiger partial charge on any atom is -0.496 e. The number of imidazole rings is 1. The smallest absolute Gasteiger partial charge is 0.252 e. The van der Waals surface area contributed by atoms with Crippen molar-refractivity contribution in [1.82, 2.24) is 14.9 Å². The topological polar surface area (TPSA) is 56.1 Å². The van der Waals surface area contributed by atoms with Gasteiger partial charge in [0.25, 0.3) is 5.91 Å². The Balaban J connectivity index is 2.00. The van der Waals surface area contributed by atoms with Crippen LogP contribution in [-0.4, -0.2) is 22.6 Å². The first-order valence-corrected chi connectivity index (χ1v) is 8.08. The number of methoxy groups -OCH3 is 1. The van der Waals surface area contributed by atoms with Gasteiger partial charge < -0.3 is 14.6 Å². The molecule has 1 heterocycles. The molecular formula is C20H21N3O2. The van der Waals surface area contributed by atoms with Crippen LogP contribution in [0.3, 0.4) is 0 Å². The standard InChI is InChI=1S/C20H21N3O2/c1-14-7-6-8-15(13-14)20(24)22-18(19-21-11-12-23(19)2)16-9-4-5-10-17(16)25-3/h4-13,18H,1-3H3,(H,22,24). The summed E-state index contributed by atoms with van der Waals surface area (Å²) >= 11 is 0. The van der Waals surface area contributed by atoms with Crippen molar-refractivity contribution in [2.75, 3.05) is 7.11 Å². The number of aryl methyl sites for hydroxylation is 2. The van der Waals surface area contributed by atoms with Crippen molar-refractivity contribution < 1.29 is 9.53 Å². The predicted molar refractivity (Wildman–Crippen MR) is 96.7 cm³/mol. The summed E-state index contributed by atoms with van der Waals surface area (Å²) in [5, 5.41) is 3.09. The molecule has 2 aromatic carbocycles. The monoisotopic (exact) mass is 335 g/mol. The van der Waals surface area contributed by atoms with Gasteiger partial charge in [0.15, 0.2) is 0 Å². The number of ether oxygens (including phenoxy) is 1. The molecule has 1 N–H and O–H groups in total. The highest BCUT2D eigenvalue weighted by atomic mass is 16.5. The third-order valence-electron chi connectivity index (χ3n) is 4.12. The third kappa shape index (κ3) is 3.55. The Morgan fingerprint density at radius 2 is 2.00 bits per heavy atom. The summed E-state index contributed by atoms with van der Waals surface area (Å²) in [7, 11) is 3.53. The fourth-order valence-corrected chi connectivity index (χ4v) is 2.84. The van der Waals surface area contributed by atoms with Gasteiger partial charge in [-0.15, -0.1) is 0 Å². The van der Waals surface area contributed by atoms with Crippen LogP contribution >= 0.6 is 0 Å². The average molecular weight is 335 g/mol. The number of hydrogen-bond acceptors (Lipinski definition) is 3. The minimum absolute atomic E-state index is 0.150. The van der Waals surface area contributed by atoms with Gasteiger partial charge in [-0.05, 0) is 25.1 Å². The van der Waals surface area contributed by atoms with Gasteiger partial charge in [-0.2, -0.15) is 0 Å². The predicted octanol–water partition coefficient (Wildman–Crippen LogP) is 3.26. The van der Waals surface area contributed by atoms with Crippen LogP contribution in [0, 0.1) is 6.92 Å². The van der Waals surface area contributed by atoms with Crippen molar-refractivity contribution in [2.45, 2.75) is 13.0 Å². The third-order valence-corrected chi connectivity index (χ3v) is 4.12. The normalized spacial score (nSPS) is 11.8. The molecule has 0 saturated carbocycles. The fourth-order valence-electron chi connectivity index (χ4n) is 2.84. The molecule has 0 fully saturated rings. The number of nitrogens with zero attached hydrogens (tertiary/aromatic N) is 2. The molecule has 0 aliphatic rings. The van der Waals surface area contributed by atoms with Crippen LogP contribution in [0.4, 0.5) is 0 Å². The van der Waals surface area contributed by atoms with E-state index in [9.17, 15) is 4.79 Å². The van der Waals surface area contributed by atoms with Crippen molar-refractivity contribution in [3.8, 4) is 5.75 Å². The lowest BCUT2D eigenvalue weighted by molar-refractivity contribution is 0.0940. The summed E-state index contributed by atoms with van der Waals surface area (Å²) in [5.74, 6) is 1.30. The highest BCUT2D eigenvalue weighted by Gasteiger charge is 2.24. The zero-order chi connectivity index (χ0) is 17.8. The number of aromatic nitrogens is 2.